The van der Waals surface area contributed by atoms with Crippen LogP contribution in [0.2, 0.25) is 0 Å². The Balaban J connectivity index is 2.00. The first-order chi connectivity index (χ1) is 9.70. The van der Waals surface area contributed by atoms with E-state index in [0.29, 0.717) is 5.75 Å². The molecule has 1 atom stereocenters. The second kappa shape index (κ2) is 6.61. The molecule has 0 radical (unpaired) electrons. The number of hydrogen-bond donors (Lipinski definition) is 1. The van der Waals surface area contributed by atoms with Crippen LogP contribution in [0.3, 0.4) is 0 Å². The maximum Gasteiger partial charge on any atom is 0.413 e. The van der Waals surface area contributed by atoms with Gasteiger partial charge in [-0.3, -0.25) is 0 Å². The average molecular weight is 271 g/mol. The SMILES string of the molecule is COc1ccccc1[C@@H](C)NC(=O)Oc1ccccc1. The molecule has 0 spiro atoms. The van der Waals surface area contributed by atoms with Crippen LogP contribution < -0.4 is 14.8 Å². The van der Waals surface area contributed by atoms with E-state index < -0.39 is 6.09 Å². The first-order valence-corrected chi connectivity index (χ1v) is 6.37. The lowest BCUT2D eigenvalue weighted by atomic mass is 10.1. The normalized spacial score (nSPS) is 11.5. The van der Waals surface area contributed by atoms with Gasteiger partial charge in [0, 0.05) is 5.56 Å². The zero-order valence-electron chi connectivity index (χ0n) is 11.5. The topological polar surface area (TPSA) is 47.6 Å². The summed E-state index contributed by atoms with van der Waals surface area (Å²) in [6.45, 7) is 1.88. The Hall–Kier alpha value is -2.49. The molecule has 0 fully saturated rings. The van der Waals surface area contributed by atoms with Crippen molar-refractivity contribution in [1.29, 1.82) is 0 Å². The quantitative estimate of drug-likeness (QED) is 0.925. The summed E-state index contributed by atoms with van der Waals surface area (Å²) in [6.07, 6.45) is -0.491. The van der Waals surface area contributed by atoms with Crippen LogP contribution >= 0.6 is 0 Å². The summed E-state index contributed by atoms with van der Waals surface area (Å²) in [7, 11) is 1.61. The summed E-state index contributed by atoms with van der Waals surface area (Å²) in [5.41, 5.74) is 0.903. The number of nitrogens with one attached hydrogen (secondary N) is 1. The number of para-hydroxylation sites is 2. The van der Waals surface area contributed by atoms with Crippen LogP contribution in [-0.4, -0.2) is 13.2 Å². The summed E-state index contributed by atoms with van der Waals surface area (Å²) in [5.74, 6) is 1.25. The van der Waals surface area contributed by atoms with Crippen LogP contribution in [0.25, 0.3) is 0 Å². The third kappa shape index (κ3) is 3.51. The van der Waals surface area contributed by atoms with Crippen molar-refractivity contribution in [3.05, 3.63) is 60.2 Å². The van der Waals surface area contributed by atoms with Gasteiger partial charge >= 0.3 is 6.09 Å². The van der Waals surface area contributed by atoms with Gasteiger partial charge in [0.25, 0.3) is 0 Å². The second-order valence-corrected chi connectivity index (χ2v) is 4.31. The number of methoxy groups -OCH3 is 1. The summed E-state index contributed by atoms with van der Waals surface area (Å²) >= 11 is 0. The Morgan fingerprint density at radius 2 is 1.70 bits per heavy atom. The number of amides is 1. The summed E-state index contributed by atoms with van der Waals surface area (Å²) in [5, 5.41) is 2.78. The van der Waals surface area contributed by atoms with E-state index >= 15 is 0 Å². The Kier molecular flexibility index (Phi) is 4.60. The van der Waals surface area contributed by atoms with E-state index in [1.165, 1.54) is 0 Å². The highest BCUT2D eigenvalue weighted by molar-refractivity contribution is 5.71. The Morgan fingerprint density at radius 3 is 2.40 bits per heavy atom. The molecule has 0 aliphatic heterocycles. The Morgan fingerprint density at radius 1 is 1.05 bits per heavy atom. The molecule has 0 aliphatic rings. The van der Waals surface area contributed by atoms with Crippen LogP contribution in [0.4, 0.5) is 4.79 Å². The van der Waals surface area contributed by atoms with Crippen molar-refractivity contribution in [1.82, 2.24) is 5.32 Å². The zero-order chi connectivity index (χ0) is 14.4. The van der Waals surface area contributed by atoms with Gasteiger partial charge < -0.3 is 14.8 Å². The Bertz CT molecular complexity index is 569. The van der Waals surface area contributed by atoms with E-state index in [4.69, 9.17) is 9.47 Å². The number of ether oxygens (including phenoxy) is 2. The highest BCUT2D eigenvalue weighted by Crippen LogP contribution is 2.24. The third-order valence-electron chi connectivity index (χ3n) is 2.89. The minimum Gasteiger partial charge on any atom is -0.496 e. The second-order valence-electron chi connectivity index (χ2n) is 4.31. The van der Waals surface area contributed by atoms with Crippen molar-refractivity contribution in [3.63, 3.8) is 0 Å². The lowest BCUT2D eigenvalue weighted by Gasteiger charge is -2.16. The van der Waals surface area contributed by atoms with Gasteiger partial charge in [-0.2, -0.15) is 0 Å². The van der Waals surface area contributed by atoms with Crippen LogP contribution in [0, 0.1) is 0 Å². The molecule has 0 aliphatic carbocycles. The fourth-order valence-electron chi connectivity index (χ4n) is 1.90. The fourth-order valence-corrected chi connectivity index (χ4v) is 1.90. The van der Waals surface area contributed by atoms with Gasteiger partial charge in [-0.1, -0.05) is 36.4 Å². The molecule has 0 unspecified atom stereocenters. The molecule has 4 heteroatoms. The van der Waals surface area contributed by atoms with Crippen LogP contribution in [0.15, 0.2) is 54.6 Å². The molecule has 0 aromatic heterocycles. The molecule has 2 aromatic rings. The number of hydrogen-bond acceptors (Lipinski definition) is 3. The van der Waals surface area contributed by atoms with Crippen molar-refractivity contribution in [2.24, 2.45) is 0 Å². The highest BCUT2D eigenvalue weighted by Gasteiger charge is 2.14. The molecule has 0 heterocycles. The van der Waals surface area contributed by atoms with Crippen LogP contribution in [0.5, 0.6) is 11.5 Å². The number of benzene rings is 2. The van der Waals surface area contributed by atoms with Gasteiger partial charge in [0.05, 0.1) is 13.2 Å². The first-order valence-electron chi connectivity index (χ1n) is 6.37. The van der Waals surface area contributed by atoms with Gasteiger partial charge in [-0.25, -0.2) is 4.79 Å². The zero-order valence-corrected chi connectivity index (χ0v) is 11.5. The molecule has 1 N–H and O–H groups in total. The lowest BCUT2D eigenvalue weighted by molar-refractivity contribution is 0.197. The smallest absolute Gasteiger partial charge is 0.413 e. The highest BCUT2D eigenvalue weighted by atomic mass is 16.6. The maximum absolute atomic E-state index is 11.8. The molecule has 4 nitrogen and oxygen atoms in total. The first kappa shape index (κ1) is 13.9. The van der Waals surface area contributed by atoms with Crippen LogP contribution in [-0.2, 0) is 0 Å². The van der Waals surface area contributed by atoms with Crippen LogP contribution in [0.1, 0.15) is 18.5 Å². The predicted molar refractivity (Wildman–Crippen MR) is 77.0 cm³/mol. The van der Waals surface area contributed by atoms with Crippen molar-refractivity contribution in [2.45, 2.75) is 13.0 Å². The molecule has 0 bridgehead atoms. The predicted octanol–water partition coefficient (Wildman–Crippen LogP) is 3.54. The van der Waals surface area contributed by atoms with Crippen molar-refractivity contribution >= 4 is 6.09 Å². The van der Waals surface area contributed by atoms with Gasteiger partial charge in [0.2, 0.25) is 0 Å². The Labute approximate surface area is 118 Å². The minimum absolute atomic E-state index is 0.206. The van der Waals surface area contributed by atoms with Gasteiger partial charge in [0.15, 0.2) is 0 Å². The molecule has 104 valence electrons. The monoisotopic (exact) mass is 271 g/mol. The molecule has 1 amide bonds. The molecule has 0 saturated heterocycles. The van der Waals surface area contributed by atoms with E-state index in [1.54, 1.807) is 19.2 Å². The molecule has 0 saturated carbocycles. The van der Waals surface area contributed by atoms with E-state index in [9.17, 15) is 4.79 Å². The molecule has 2 rings (SSSR count). The molecule has 2 aromatic carbocycles. The van der Waals surface area contributed by atoms with Gasteiger partial charge in [-0.15, -0.1) is 0 Å². The third-order valence-corrected chi connectivity index (χ3v) is 2.89. The standard InChI is InChI=1S/C16H17NO3/c1-12(14-10-6-7-11-15(14)19-2)17-16(18)20-13-8-4-3-5-9-13/h3-12H,1-2H3,(H,17,18)/t12-/m1/s1. The van der Waals surface area contributed by atoms with E-state index in [2.05, 4.69) is 5.32 Å². The summed E-state index contributed by atoms with van der Waals surface area (Å²) in [4.78, 5) is 11.8. The number of carbonyl (C=O) groups excluding carboxylic acids is 1. The number of rotatable bonds is 4. The summed E-state index contributed by atoms with van der Waals surface area (Å²) in [6, 6.07) is 16.3. The average Bonchev–Trinajstić information content (AvgIpc) is 2.48. The number of carbonyl (C=O) groups is 1. The molecular formula is C16H17NO3. The maximum atomic E-state index is 11.8. The van der Waals surface area contributed by atoms with Gasteiger partial charge in [-0.05, 0) is 25.1 Å². The van der Waals surface area contributed by atoms with E-state index in [-0.39, 0.29) is 6.04 Å². The van der Waals surface area contributed by atoms with Crippen molar-refractivity contribution in [3.8, 4) is 11.5 Å². The van der Waals surface area contributed by atoms with Gasteiger partial charge in [0.1, 0.15) is 11.5 Å². The van der Waals surface area contributed by atoms with Crippen molar-refractivity contribution in [2.75, 3.05) is 7.11 Å². The largest absolute Gasteiger partial charge is 0.496 e. The molecular weight excluding hydrogens is 254 g/mol. The van der Waals surface area contributed by atoms with Crippen molar-refractivity contribution < 1.29 is 14.3 Å². The van der Waals surface area contributed by atoms with E-state index in [0.717, 1.165) is 11.3 Å². The van der Waals surface area contributed by atoms with E-state index in [1.807, 2.05) is 49.4 Å². The molecule has 20 heavy (non-hydrogen) atoms. The summed E-state index contributed by atoms with van der Waals surface area (Å²) < 4.78 is 10.5. The lowest BCUT2D eigenvalue weighted by Crippen LogP contribution is -2.29. The fraction of sp³-hybridized carbons (Fsp3) is 0.188. The minimum atomic E-state index is -0.491.